The Morgan fingerprint density at radius 2 is 2.09 bits per heavy atom. The molecule has 0 radical (unpaired) electrons. The van der Waals surface area contributed by atoms with Crippen LogP contribution < -0.4 is 5.56 Å². The van der Waals surface area contributed by atoms with Gasteiger partial charge >= 0.3 is 6.09 Å². The van der Waals surface area contributed by atoms with Crippen LogP contribution in [-0.2, 0) is 16.0 Å². The maximum absolute atomic E-state index is 12.1. The summed E-state index contributed by atoms with van der Waals surface area (Å²) in [7, 11) is 0. The highest BCUT2D eigenvalue weighted by Crippen LogP contribution is 2.26. The molecular formula is C17H26N2O4. The van der Waals surface area contributed by atoms with Gasteiger partial charge in [0, 0.05) is 25.4 Å². The quantitative estimate of drug-likeness (QED) is 0.853. The van der Waals surface area contributed by atoms with Crippen molar-refractivity contribution in [3.63, 3.8) is 0 Å². The smallest absolute Gasteiger partial charge is 0.410 e. The number of pyridine rings is 1. The summed E-state index contributed by atoms with van der Waals surface area (Å²) in [6, 6.07) is 5.07. The average Bonchev–Trinajstić information content (AvgIpc) is 2.82. The van der Waals surface area contributed by atoms with Gasteiger partial charge in [0.05, 0.1) is 18.8 Å². The topological polar surface area (TPSA) is 60.8 Å². The summed E-state index contributed by atoms with van der Waals surface area (Å²) in [5.41, 5.74) is -0.927. The maximum atomic E-state index is 12.1. The zero-order valence-corrected chi connectivity index (χ0v) is 14.4. The summed E-state index contributed by atoms with van der Waals surface area (Å²) >= 11 is 0. The number of amides is 1. The fourth-order valence-corrected chi connectivity index (χ4v) is 2.57. The van der Waals surface area contributed by atoms with E-state index in [0.717, 1.165) is 6.42 Å². The van der Waals surface area contributed by atoms with E-state index in [1.165, 1.54) is 6.07 Å². The number of ether oxygens (including phenoxy) is 2. The molecule has 0 spiro atoms. The predicted molar refractivity (Wildman–Crippen MR) is 87.5 cm³/mol. The number of likely N-dealkylation sites (tertiary alicyclic amines) is 1. The Labute approximate surface area is 137 Å². The minimum atomic E-state index is -0.495. The molecule has 1 aromatic heterocycles. The molecule has 6 heteroatoms. The second-order valence-corrected chi connectivity index (χ2v) is 7.18. The molecule has 0 aliphatic carbocycles. The highest BCUT2D eigenvalue weighted by molar-refractivity contribution is 5.68. The molecule has 0 bridgehead atoms. The molecule has 2 rings (SSSR count). The average molecular weight is 322 g/mol. The van der Waals surface area contributed by atoms with Crippen LogP contribution in [0.4, 0.5) is 4.79 Å². The lowest BCUT2D eigenvalue weighted by molar-refractivity contribution is -0.0305. The Hall–Kier alpha value is -1.82. The van der Waals surface area contributed by atoms with Gasteiger partial charge in [-0.1, -0.05) is 6.07 Å². The lowest BCUT2D eigenvalue weighted by atomic mass is 10.1. The van der Waals surface area contributed by atoms with E-state index >= 15 is 0 Å². The van der Waals surface area contributed by atoms with E-state index < -0.39 is 11.2 Å². The normalized spacial score (nSPS) is 21.5. The molecule has 1 fully saturated rings. The van der Waals surface area contributed by atoms with Gasteiger partial charge in [-0.25, -0.2) is 4.79 Å². The molecule has 1 unspecified atom stereocenters. The molecule has 0 aromatic carbocycles. The monoisotopic (exact) mass is 322 g/mol. The second kappa shape index (κ2) is 6.74. The maximum Gasteiger partial charge on any atom is 0.410 e. The Morgan fingerprint density at radius 1 is 1.35 bits per heavy atom. The van der Waals surface area contributed by atoms with E-state index in [1.54, 1.807) is 21.7 Å². The largest absolute Gasteiger partial charge is 0.444 e. The standard InChI is InChI=1S/C17H26N2O4/c1-16(2,3)23-15(21)19-10-8-17(4,13-19)22-12-11-18-9-6-5-7-14(18)20/h5-7,9H,8,10-13H2,1-4H3. The number of carbonyl (C=O) groups excluding carboxylic acids is 1. The SMILES string of the molecule is CC(C)(C)OC(=O)N1CCC(C)(OCCn2ccccc2=O)C1. The van der Waals surface area contributed by atoms with Gasteiger partial charge in [-0.05, 0) is 40.2 Å². The van der Waals surface area contributed by atoms with Crippen molar-refractivity contribution in [3.8, 4) is 0 Å². The Kier molecular flexibility index (Phi) is 5.14. The molecule has 1 aromatic rings. The molecule has 6 nitrogen and oxygen atoms in total. The van der Waals surface area contributed by atoms with Crippen molar-refractivity contribution < 1.29 is 14.3 Å². The van der Waals surface area contributed by atoms with Gasteiger partial charge in [0.2, 0.25) is 0 Å². The first kappa shape index (κ1) is 17.5. The number of hydrogen-bond donors (Lipinski definition) is 0. The fourth-order valence-electron chi connectivity index (χ4n) is 2.57. The number of aromatic nitrogens is 1. The van der Waals surface area contributed by atoms with Gasteiger partial charge in [0.25, 0.3) is 5.56 Å². The van der Waals surface area contributed by atoms with Crippen LogP contribution in [0.15, 0.2) is 29.2 Å². The fraction of sp³-hybridized carbons (Fsp3) is 0.647. The first-order chi connectivity index (χ1) is 10.7. The van der Waals surface area contributed by atoms with E-state index in [4.69, 9.17) is 9.47 Å². The van der Waals surface area contributed by atoms with Crippen LogP contribution in [-0.4, -0.2) is 46.5 Å². The van der Waals surface area contributed by atoms with Crippen molar-refractivity contribution in [1.82, 2.24) is 9.47 Å². The third kappa shape index (κ3) is 5.10. The third-order valence-corrected chi connectivity index (χ3v) is 3.77. The van der Waals surface area contributed by atoms with Crippen molar-refractivity contribution in [2.45, 2.75) is 51.9 Å². The number of rotatable bonds is 4. The van der Waals surface area contributed by atoms with Gasteiger partial charge in [-0.2, -0.15) is 0 Å². The minimum Gasteiger partial charge on any atom is -0.444 e. The van der Waals surface area contributed by atoms with Crippen molar-refractivity contribution in [2.24, 2.45) is 0 Å². The minimum absolute atomic E-state index is 0.0388. The van der Waals surface area contributed by atoms with Crippen molar-refractivity contribution in [2.75, 3.05) is 19.7 Å². The van der Waals surface area contributed by atoms with Gasteiger partial charge < -0.3 is 18.9 Å². The van der Waals surface area contributed by atoms with Gasteiger partial charge in [-0.3, -0.25) is 4.79 Å². The molecule has 1 atom stereocenters. The molecule has 0 N–H and O–H groups in total. The van der Waals surface area contributed by atoms with Crippen LogP contribution in [0.25, 0.3) is 0 Å². The predicted octanol–water partition coefficient (Wildman–Crippen LogP) is 2.26. The molecular weight excluding hydrogens is 296 g/mol. The highest BCUT2D eigenvalue weighted by atomic mass is 16.6. The molecule has 1 saturated heterocycles. The summed E-state index contributed by atoms with van der Waals surface area (Å²) < 4.78 is 13.0. The molecule has 2 heterocycles. The lowest BCUT2D eigenvalue weighted by Crippen LogP contribution is -2.39. The molecule has 0 saturated carbocycles. The van der Waals surface area contributed by atoms with E-state index in [0.29, 0.717) is 26.2 Å². The van der Waals surface area contributed by atoms with Crippen LogP contribution in [0.5, 0.6) is 0 Å². The van der Waals surface area contributed by atoms with Crippen molar-refractivity contribution >= 4 is 6.09 Å². The van der Waals surface area contributed by atoms with Crippen LogP contribution in [0.2, 0.25) is 0 Å². The van der Waals surface area contributed by atoms with Crippen LogP contribution >= 0.6 is 0 Å². The van der Waals surface area contributed by atoms with Gasteiger partial charge in [0.15, 0.2) is 0 Å². The summed E-state index contributed by atoms with van der Waals surface area (Å²) in [4.78, 5) is 25.4. The number of nitrogens with zero attached hydrogens (tertiary/aromatic N) is 2. The third-order valence-electron chi connectivity index (χ3n) is 3.77. The zero-order valence-electron chi connectivity index (χ0n) is 14.4. The highest BCUT2D eigenvalue weighted by Gasteiger charge is 2.38. The van der Waals surface area contributed by atoms with Gasteiger partial charge in [0.1, 0.15) is 5.60 Å². The van der Waals surface area contributed by atoms with E-state index in [9.17, 15) is 9.59 Å². The number of carbonyl (C=O) groups is 1. The summed E-state index contributed by atoms with van der Waals surface area (Å²) in [6.45, 7) is 9.62. The van der Waals surface area contributed by atoms with Gasteiger partial charge in [-0.15, -0.1) is 0 Å². The second-order valence-electron chi connectivity index (χ2n) is 7.18. The first-order valence-corrected chi connectivity index (χ1v) is 7.96. The van der Waals surface area contributed by atoms with Crippen molar-refractivity contribution in [3.05, 3.63) is 34.7 Å². The van der Waals surface area contributed by atoms with E-state index in [-0.39, 0.29) is 11.7 Å². The zero-order chi connectivity index (χ0) is 17.1. The van der Waals surface area contributed by atoms with Crippen LogP contribution in [0.1, 0.15) is 34.1 Å². The molecule has 23 heavy (non-hydrogen) atoms. The summed E-state index contributed by atoms with van der Waals surface area (Å²) in [6.07, 6.45) is 2.20. The van der Waals surface area contributed by atoms with E-state index in [1.807, 2.05) is 33.8 Å². The Morgan fingerprint density at radius 3 is 2.74 bits per heavy atom. The Balaban J connectivity index is 1.83. The van der Waals surface area contributed by atoms with E-state index in [2.05, 4.69) is 0 Å². The van der Waals surface area contributed by atoms with Crippen LogP contribution in [0, 0.1) is 0 Å². The van der Waals surface area contributed by atoms with Crippen molar-refractivity contribution in [1.29, 1.82) is 0 Å². The molecule has 1 aliphatic rings. The first-order valence-electron chi connectivity index (χ1n) is 7.96. The molecule has 128 valence electrons. The Bertz CT molecular complexity index is 605. The number of hydrogen-bond acceptors (Lipinski definition) is 4. The summed E-state index contributed by atoms with van der Waals surface area (Å²) in [5.74, 6) is 0. The lowest BCUT2D eigenvalue weighted by Gasteiger charge is -2.27. The molecule has 1 amide bonds. The van der Waals surface area contributed by atoms with Crippen LogP contribution in [0.3, 0.4) is 0 Å². The molecule has 1 aliphatic heterocycles. The summed E-state index contributed by atoms with van der Waals surface area (Å²) in [5, 5.41) is 0.